The van der Waals surface area contributed by atoms with Crippen molar-refractivity contribution in [3.05, 3.63) is 0 Å². The highest BCUT2D eigenvalue weighted by Crippen LogP contribution is 2.27. The normalized spacial score (nSPS) is 17.7. The molecule has 0 aliphatic heterocycles. The van der Waals surface area contributed by atoms with Crippen molar-refractivity contribution in [1.29, 1.82) is 0 Å². The number of hydrogen-bond donors (Lipinski definition) is 2. The van der Waals surface area contributed by atoms with Crippen LogP contribution < -0.4 is 5.32 Å². The van der Waals surface area contributed by atoms with Gasteiger partial charge >= 0.3 is 0 Å². The number of nitrogens with zero attached hydrogens (tertiary/aromatic N) is 1. The molecule has 1 aliphatic rings. The summed E-state index contributed by atoms with van der Waals surface area (Å²) in [6.07, 6.45) is 6.26. The molecule has 0 saturated heterocycles. The van der Waals surface area contributed by atoms with Crippen LogP contribution in [0.1, 0.15) is 52.9 Å². The van der Waals surface area contributed by atoms with Gasteiger partial charge in [-0.25, -0.2) is 0 Å². The van der Waals surface area contributed by atoms with Crippen LogP contribution >= 0.6 is 0 Å². The van der Waals surface area contributed by atoms with E-state index in [0.29, 0.717) is 0 Å². The van der Waals surface area contributed by atoms with E-state index in [9.17, 15) is 5.11 Å². The zero-order chi connectivity index (χ0) is 13.4. The Labute approximate surface area is 113 Å². The maximum absolute atomic E-state index is 9.36. The summed E-state index contributed by atoms with van der Waals surface area (Å²) < 4.78 is 0. The Hall–Kier alpha value is -0.120. The van der Waals surface area contributed by atoms with Gasteiger partial charge in [0.1, 0.15) is 0 Å². The van der Waals surface area contributed by atoms with Crippen LogP contribution in [0.4, 0.5) is 0 Å². The van der Waals surface area contributed by atoms with E-state index in [4.69, 9.17) is 0 Å². The fourth-order valence-corrected chi connectivity index (χ4v) is 2.27. The molecule has 0 aromatic heterocycles. The maximum Gasteiger partial charge on any atom is 0.0585 e. The summed E-state index contributed by atoms with van der Waals surface area (Å²) in [6.45, 7) is 10.4. The van der Waals surface area contributed by atoms with E-state index >= 15 is 0 Å². The van der Waals surface area contributed by atoms with Crippen molar-refractivity contribution >= 4 is 0 Å². The summed E-state index contributed by atoms with van der Waals surface area (Å²) in [4.78, 5) is 2.64. The van der Waals surface area contributed by atoms with Crippen LogP contribution in [0.3, 0.4) is 0 Å². The maximum atomic E-state index is 9.36. The lowest BCUT2D eigenvalue weighted by Crippen LogP contribution is -2.38. The van der Waals surface area contributed by atoms with Crippen molar-refractivity contribution in [2.45, 2.75) is 65.0 Å². The third kappa shape index (κ3) is 6.72. The van der Waals surface area contributed by atoms with Gasteiger partial charge < -0.3 is 15.3 Å². The molecule has 1 rings (SSSR count). The largest absolute Gasteiger partial charge is 0.395 e. The molecule has 0 aromatic rings. The van der Waals surface area contributed by atoms with E-state index in [1.165, 1.54) is 25.8 Å². The van der Waals surface area contributed by atoms with Gasteiger partial charge in [-0.1, -0.05) is 20.8 Å². The standard InChI is InChI=1S/C15H32N2O/c1-4-9-16-14(12-18)8-11-17(15-5-6-15)10-7-13(2)3/h13-16,18H,4-12H2,1-3H3. The highest BCUT2D eigenvalue weighted by Gasteiger charge is 2.28. The Morgan fingerprint density at radius 2 is 1.89 bits per heavy atom. The van der Waals surface area contributed by atoms with E-state index in [1.807, 2.05) is 0 Å². The summed E-state index contributed by atoms with van der Waals surface area (Å²) in [5.74, 6) is 0.790. The highest BCUT2D eigenvalue weighted by molar-refractivity contribution is 4.85. The zero-order valence-corrected chi connectivity index (χ0v) is 12.5. The SMILES string of the molecule is CCCNC(CO)CCN(CCC(C)C)C1CC1. The van der Waals surface area contributed by atoms with Crippen molar-refractivity contribution in [1.82, 2.24) is 10.2 Å². The number of aliphatic hydroxyl groups is 1. The van der Waals surface area contributed by atoms with Gasteiger partial charge in [0.25, 0.3) is 0 Å². The molecule has 0 aromatic carbocycles. The average Bonchev–Trinajstić information content (AvgIpc) is 3.16. The molecular formula is C15H32N2O. The Morgan fingerprint density at radius 1 is 1.22 bits per heavy atom. The van der Waals surface area contributed by atoms with Gasteiger partial charge in [-0.2, -0.15) is 0 Å². The van der Waals surface area contributed by atoms with E-state index in [0.717, 1.165) is 37.9 Å². The third-order valence-corrected chi connectivity index (χ3v) is 3.73. The van der Waals surface area contributed by atoms with E-state index < -0.39 is 0 Å². The van der Waals surface area contributed by atoms with Crippen molar-refractivity contribution < 1.29 is 5.11 Å². The van der Waals surface area contributed by atoms with Gasteiger partial charge in [-0.15, -0.1) is 0 Å². The second kappa shape index (κ2) is 8.89. The van der Waals surface area contributed by atoms with Crippen molar-refractivity contribution in [2.24, 2.45) is 5.92 Å². The highest BCUT2D eigenvalue weighted by atomic mass is 16.3. The number of aliphatic hydroxyl groups excluding tert-OH is 1. The fraction of sp³-hybridized carbons (Fsp3) is 1.00. The summed E-state index contributed by atoms with van der Waals surface area (Å²) in [5, 5.41) is 12.8. The molecule has 1 fully saturated rings. The first kappa shape index (κ1) is 15.9. The van der Waals surface area contributed by atoms with Crippen molar-refractivity contribution in [3.63, 3.8) is 0 Å². The van der Waals surface area contributed by atoms with Crippen molar-refractivity contribution in [2.75, 3.05) is 26.2 Å². The van der Waals surface area contributed by atoms with Gasteiger partial charge in [0.2, 0.25) is 0 Å². The lowest BCUT2D eigenvalue weighted by atomic mass is 10.1. The molecule has 1 atom stereocenters. The number of hydrogen-bond acceptors (Lipinski definition) is 3. The molecule has 3 heteroatoms. The van der Waals surface area contributed by atoms with Crippen molar-refractivity contribution in [3.8, 4) is 0 Å². The monoisotopic (exact) mass is 256 g/mol. The number of rotatable bonds is 11. The van der Waals surface area contributed by atoms with Gasteiger partial charge in [-0.3, -0.25) is 0 Å². The van der Waals surface area contributed by atoms with Crippen LogP contribution in [-0.4, -0.2) is 48.3 Å². The molecular weight excluding hydrogens is 224 g/mol. The quantitative estimate of drug-likeness (QED) is 0.595. The predicted octanol–water partition coefficient (Wildman–Crippen LogP) is 2.25. The summed E-state index contributed by atoms with van der Waals surface area (Å²) in [7, 11) is 0. The van der Waals surface area contributed by atoms with Crippen LogP contribution in [0.15, 0.2) is 0 Å². The predicted molar refractivity (Wildman–Crippen MR) is 77.8 cm³/mol. The molecule has 1 aliphatic carbocycles. The topological polar surface area (TPSA) is 35.5 Å². The van der Waals surface area contributed by atoms with Crippen LogP contribution in [0, 0.1) is 5.92 Å². The molecule has 0 bridgehead atoms. The van der Waals surface area contributed by atoms with Crippen LogP contribution in [0.2, 0.25) is 0 Å². The Kier molecular flexibility index (Phi) is 7.87. The summed E-state index contributed by atoms with van der Waals surface area (Å²) >= 11 is 0. The summed E-state index contributed by atoms with van der Waals surface area (Å²) in [5.41, 5.74) is 0. The fourth-order valence-electron chi connectivity index (χ4n) is 2.27. The summed E-state index contributed by atoms with van der Waals surface area (Å²) in [6, 6.07) is 1.12. The van der Waals surface area contributed by atoms with E-state index in [1.54, 1.807) is 0 Å². The first-order chi connectivity index (χ1) is 8.67. The third-order valence-electron chi connectivity index (χ3n) is 3.73. The molecule has 2 N–H and O–H groups in total. The molecule has 0 heterocycles. The smallest absolute Gasteiger partial charge is 0.0585 e. The van der Waals surface area contributed by atoms with Crippen LogP contribution in [0.5, 0.6) is 0 Å². The zero-order valence-electron chi connectivity index (χ0n) is 12.5. The molecule has 18 heavy (non-hydrogen) atoms. The minimum Gasteiger partial charge on any atom is -0.395 e. The molecule has 1 saturated carbocycles. The second-order valence-corrected chi connectivity index (χ2v) is 6.07. The van der Waals surface area contributed by atoms with E-state index in [-0.39, 0.29) is 12.6 Å². The Morgan fingerprint density at radius 3 is 2.39 bits per heavy atom. The second-order valence-electron chi connectivity index (χ2n) is 6.07. The van der Waals surface area contributed by atoms with Gasteiger partial charge in [0, 0.05) is 12.1 Å². The first-order valence-corrected chi connectivity index (χ1v) is 7.75. The lowest BCUT2D eigenvalue weighted by Gasteiger charge is -2.25. The Bertz CT molecular complexity index is 205. The molecule has 108 valence electrons. The number of nitrogens with one attached hydrogen (secondary N) is 1. The molecule has 0 spiro atoms. The van der Waals surface area contributed by atoms with E-state index in [2.05, 4.69) is 31.0 Å². The lowest BCUT2D eigenvalue weighted by molar-refractivity contribution is 0.196. The van der Waals surface area contributed by atoms with Crippen LogP contribution in [0.25, 0.3) is 0 Å². The molecule has 0 amide bonds. The van der Waals surface area contributed by atoms with Gasteiger partial charge in [0.05, 0.1) is 6.61 Å². The minimum atomic E-state index is 0.267. The van der Waals surface area contributed by atoms with Crippen LogP contribution in [-0.2, 0) is 0 Å². The minimum absolute atomic E-state index is 0.267. The average molecular weight is 256 g/mol. The van der Waals surface area contributed by atoms with Gasteiger partial charge in [0.15, 0.2) is 0 Å². The molecule has 3 nitrogen and oxygen atoms in total. The molecule has 0 radical (unpaired) electrons. The molecule has 1 unspecified atom stereocenters. The first-order valence-electron chi connectivity index (χ1n) is 7.75. The van der Waals surface area contributed by atoms with Gasteiger partial charge in [-0.05, 0) is 57.7 Å². The Balaban J connectivity index is 2.22.